The van der Waals surface area contributed by atoms with Crippen LogP contribution in [0.2, 0.25) is 0 Å². The van der Waals surface area contributed by atoms with Crippen molar-refractivity contribution in [3.63, 3.8) is 0 Å². The number of fused-ring (bicyclic) bond motifs is 1. The van der Waals surface area contributed by atoms with Crippen molar-refractivity contribution in [2.45, 2.75) is 84.2 Å². The maximum atomic E-state index is 10.4. The number of rotatable bonds is 3. The van der Waals surface area contributed by atoms with Gasteiger partial charge >= 0.3 is 0 Å². The molecular formula is C23H39NO. The first-order chi connectivity index (χ1) is 11.9. The highest BCUT2D eigenvalue weighted by Crippen LogP contribution is 2.61. The summed E-state index contributed by atoms with van der Waals surface area (Å²) < 4.78 is 0. The molecule has 1 heterocycles. The quantitative estimate of drug-likeness (QED) is 0.726. The summed E-state index contributed by atoms with van der Waals surface area (Å²) >= 11 is 0. The molecule has 6 atom stereocenters. The van der Waals surface area contributed by atoms with Crippen LogP contribution in [0.15, 0.2) is 12.2 Å². The average molecular weight is 346 g/mol. The summed E-state index contributed by atoms with van der Waals surface area (Å²) in [5, 5.41) is 10.4. The summed E-state index contributed by atoms with van der Waals surface area (Å²) in [5.41, 5.74) is 2.41. The summed E-state index contributed by atoms with van der Waals surface area (Å²) in [4.78, 5) is 2.69. The van der Waals surface area contributed by atoms with Gasteiger partial charge in [-0.15, -0.1) is 0 Å². The van der Waals surface area contributed by atoms with E-state index in [0.29, 0.717) is 16.7 Å². The molecule has 1 aliphatic heterocycles. The molecule has 2 nitrogen and oxygen atoms in total. The summed E-state index contributed by atoms with van der Waals surface area (Å²) in [6.07, 6.45) is 12.8. The van der Waals surface area contributed by atoms with Crippen LogP contribution in [0.3, 0.4) is 0 Å². The first-order valence-corrected chi connectivity index (χ1v) is 11.0. The third-order valence-corrected chi connectivity index (χ3v) is 9.20. The van der Waals surface area contributed by atoms with Gasteiger partial charge in [-0.2, -0.15) is 0 Å². The Bertz CT molecular complexity index is 510. The zero-order chi connectivity index (χ0) is 17.7. The van der Waals surface area contributed by atoms with Crippen LogP contribution in [0.25, 0.3) is 0 Å². The second kappa shape index (κ2) is 6.68. The maximum Gasteiger partial charge on any atom is 0.0543 e. The van der Waals surface area contributed by atoms with Crippen LogP contribution in [0.5, 0.6) is 0 Å². The van der Waals surface area contributed by atoms with Gasteiger partial charge in [0.05, 0.1) is 6.10 Å². The molecule has 4 rings (SSSR count). The number of aliphatic hydroxyl groups is 1. The zero-order valence-electron chi connectivity index (χ0n) is 16.6. The lowest BCUT2D eigenvalue weighted by Gasteiger charge is -2.53. The van der Waals surface area contributed by atoms with Crippen molar-refractivity contribution < 1.29 is 5.11 Å². The Morgan fingerprint density at radius 2 is 1.80 bits per heavy atom. The number of aliphatic hydroxyl groups excluding tert-OH is 1. The molecule has 3 aliphatic carbocycles. The van der Waals surface area contributed by atoms with Crippen LogP contribution in [-0.4, -0.2) is 35.7 Å². The smallest absolute Gasteiger partial charge is 0.0543 e. The Balaban J connectivity index is 1.50. The number of likely N-dealkylation sites (tertiary alicyclic amines) is 1. The van der Waals surface area contributed by atoms with Crippen molar-refractivity contribution in [3.8, 4) is 0 Å². The molecule has 0 aromatic carbocycles. The van der Waals surface area contributed by atoms with Crippen LogP contribution < -0.4 is 0 Å². The van der Waals surface area contributed by atoms with Gasteiger partial charge in [-0.25, -0.2) is 0 Å². The molecule has 142 valence electrons. The molecule has 0 radical (unpaired) electrons. The minimum absolute atomic E-state index is 0.0548. The van der Waals surface area contributed by atoms with Gasteiger partial charge in [0.2, 0.25) is 0 Å². The van der Waals surface area contributed by atoms with Gasteiger partial charge in [0.25, 0.3) is 0 Å². The minimum atomic E-state index is -0.0548. The predicted octanol–water partition coefficient (Wildman–Crippen LogP) is 5.02. The first-order valence-electron chi connectivity index (χ1n) is 11.0. The maximum absolute atomic E-state index is 10.4. The van der Waals surface area contributed by atoms with Gasteiger partial charge in [-0.1, -0.05) is 26.0 Å². The topological polar surface area (TPSA) is 23.5 Å². The molecule has 0 amide bonds. The largest absolute Gasteiger partial charge is 0.393 e. The number of hydrogen-bond donors (Lipinski definition) is 1. The van der Waals surface area contributed by atoms with E-state index in [9.17, 15) is 5.11 Å². The first kappa shape index (κ1) is 18.0. The highest BCUT2D eigenvalue weighted by atomic mass is 16.3. The van der Waals surface area contributed by atoms with Gasteiger partial charge in [-0.3, -0.25) is 0 Å². The molecule has 1 saturated heterocycles. The van der Waals surface area contributed by atoms with Crippen molar-refractivity contribution in [1.29, 1.82) is 0 Å². The normalized spacial score (nSPS) is 48.7. The number of nitrogens with zero attached hydrogens (tertiary/aromatic N) is 1. The molecular weight excluding hydrogens is 306 g/mol. The van der Waals surface area contributed by atoms with Crippen LogP contribution >= 0.6 is 0 Å². The molecule has 0 bridgehead atoms. The summed E-state index contributed by atoms with van der Waals surface area (Å²) in [6.45, 7) is 13.3. The van der Waals surface area contributed by atoms with Crippen LogP contribution in [0, 0.1) is 28.6 Å². The van der Waals surface area contributed by atoms with Crippen molar-refractivity contribution in [2.75, 3.05) is 19.6 Å². The summed E-state index contributed by atoms with van der Waals surface area (Å²) in [5.74, 6) is 2.42. The second-order valence-corrected chi connectivity index (χ2v) is 10.4. The highest BCUT2D eigenvalue weighted by Gasteiger charge is 2.52. The standard InChI is InChI=1S/C23H39NO/c1-17-6-7-18-14-19(8-10-22(17,18)2)23(3)11-9-21(25)15-20(23)16-24-12-4-5-13-24/h18-21,25H,1,4-16H2,2-3H3/t18?,19?,20-,21+,22-,23-/m1/s1. The van der Waals surface area contributed by atoms with Crippen molar-refractivity contribution in [3.05, 3.63) is 12.2 Å². The zero-order valence-corrected chi connectivity index (χ0v) is 16.6. The van der Waals surface area contributed by atoms with E-state index in [2.05, 4.69) is 25.3 Å². The minimum Gasteiger partial charge on any atom is -0.393 e. The molecule has 0 aromatic heterocycles. The van der Waals surface area contributed by atoms with E-state index in [-0.39, 0.29) is 6.10 Å². The van der Waals surface area contributed by atoms with E-state index < -0.39 is 0 Å². The summed E-state index contributed by atoms with van der Waals surface area (Å²) in [7, 11) is 0. The van der Waals surface area contributed by atoms with E-state index in [0.717, 1.165) is 24.7 Å². The SMILES string of the molecule is C=C1CCC2CC([C@@]3(C)CC[C@H](O)C[C@@H]3CN3CCCC3)CC[C@]12C. The number of hydrogen-bond acceptors (Lipinski definition) is 2. The van der Waals surface area contributed by atoms with Crippen LogP contribution in [-0.2, 0) is 0 Å². The van der Waals surface area contributed by atoms with Crippen molar-refractivity contribution in [2.24, 2.45) is 28.6 Å². The summed E-state index contributed by atoms with van der Waals surface area (Å²) in [6, 6.07) is 0. The Morgan fingerprint density at radius 3 is 2.56 bits per heavy atom. The van der Waals surface area contributed by atoms with Crippen molar-refractivity contribution >= 4 is 0 Å². The molecule has 4 aliphatic rings. The fourth-order valence-electron chi connectivity index (χ4n) is 7.03. The molecule has 0 aromatic rings. The third kappa shape index (κ3) is 3.12. The molecule has 25 heavy (non-hydrogen) atoms. The molecule has 2 heteroatoms. The van der Waals surface area contributed by atoms with E-state index in [1.807, 2.05) is 0 Å². The van der Waals surface area contributed by atoms with Gasteiger partial charge in [0.15, 0.2) is 0 Å². The van der Waals surface area contributed by atoms with Crippen molar-refractivity contribution in [1.82, 2.24) is 4.90 Å². The lowest BCUT2D eigenvalue weighted by molar-refractivity contribution is -0.0575. The predicted molar refractivity (Wildman–Crippen MR) is 104 cm³/mol. The van der Waals surface area contributed by atoms with Gasteiger partial charge in [-0.05, 0) is 106 Å². The van der Waals surface area contributed by atoms with Crippen LogP contribution in [0.4, 0.5) is 0 Å². The Hall–Kier alpha value is -0.340. The average Bonchev–Trinajstić information content (AvgIpc) is 3.19. The molecule has 2 unspecified atom stereocenters. The molecule has 4 fully saturated rings. The lowest BCUT2D eigenvalue weighted by atomic mass is 9.53. The second-order valence-electron chi connectivity index (χ2n) is 10.4. The monoisotopic (exact) mass is 345 g/mol. The lowest BCUT2D eigenvalue weighted by Crippen LogP contribution is -2.49. The Labute approximate surface area is 155 Å². The number of allylic oxidation sites excluding steroid dienone is 1. The highest BCUT2D eigenvalue weighted by molar-refractivity contribution is 5.19. The van der Waals surface area contributed by atoms with E-state index >= 15 is 0 Å². The molecule has 3 saturated carbocycles. The Morgan fingerprint density at radius 1 is 1.04 bits per heavy atom. The fraction of sp³-hybridized carbons (Fsp3) is 0.913. The van der Waals surface area contributed by atoms with Gasteiger partial charge < -0.3 is 10.0 Å². The van der Waals surface area contributed by atoms with E-state index in [4.69, 9.17) is 0 Å². The Kier molecular flexibility index (Phi) is 4.82. The van der Waals surface area contributed by atoms with Gasteiger partial charge in [0.1, 0.15) is 0 Å². The van der Waals surface area contributed by atoms with Gasteiger partial charge in [0, 0.05) is 6.54 Å². The molecule has 1 N–H and O–H groups in total. The van der Waals surface area contributed by atoms with E-state index in [1.165, 1.54) is 76.6 Å². The third-order valence-electron chi connectivity index (χ3n) is 9.20. The molecule has 0 spiro atoms. The van der Waals surface area contributed by atoms with Crippen LogP contribution in [0.1, 0.15) is 78.1 Å². The fourth-order valence-corrected chi connectivity index (χ4v) is 7.03. The van der Waals surface area contributed by atoms with E-state index in [1.54, 1.807) is 0 Å².